The van der Waals surface area contributed by atoms with E-state index in [9.17, 15) is 13.9 Å². The molecule has 0 saturated heterocycles. The van der Waals surface area contributed by atoms with Crippen LogP contribution in [0, 0.1) is 0 Å². The van der Waals surface area contributed by atoms with Crippen molar-refractivity contribution in [3.63, 3.8) is 0 Å². The molecule has 1 heterocycles. The van der Waals surface area contributed by atoms with Gasteiger partial charge in [0, 0.05) is 18.2 Å². The summed E-state index contributed by atoms with van der Waals surface area (Å²) in [4.78, 5) is 0. The molecule has 0 unspecified atom stereocenters. The van der Waals surface area contributed by atoms with Crippen LogP contribution in [0.2, 0.25) is 0 Å². The molecule has 1 aromatic carbocycles. The zero-order valence-corrected chi connectivity index (χ0v) is 8.37. The predicted octanol–water partition coefficient (Wildman–Crippen LogP) is 1.48. The second-order valence-electron chi connectivity index (χ2n) is 3.36. The first-order valence-corrected chi connectivity index (χ1v) is 4.77. The number of halogens is 2. The van der Waals surface area contributed by atoms with Gasteiger partial charge >= 0.3 is 0 Å². The molecule has 0 radical (unpaired) electrons. The smallest absolute Gasteiger partial charge is 0.250 e. The SMILES string of the molecule is Oc1cc2c(cc1CNCC(F)F)OCO2. The number of phenolic OH excluding ortho intramolecular Hbond substituents is 1. The van der Waals surface area contributed by atoms with Gasteiger partial charge in [-0.05, 0) is 6.07 Å². The van der Waals surface area contributed by atoms with Gasteiger partial charge in [0.15, 0.2) is 11.5 Å². The Morgan fingerprint density at radius 1 is 1.31 bits per heavy atom. The quantitative estimate of drug-likeness (QED) is 0.824. The molecule has 0 amide bonds. The minimum Gasteiger partial charge on any atom is -0.507 e. The van der Waals surface area contributed by atoms with Crippen molar-refractivity contribution in [3.05, 3.63) is 17.7 Å². The molecule has 0 aromatic heterocycles. The van der Waals surface area contributed by atoms with E-state index >= 15 is 0 Å². The Labute approximate surface area is 90.8 Å². The zero-order chi connectivity index (χ0) is 11.5. The molecule has 0 aliphatic carbocycles. The van der Waals surface area contributed by atoms with Crippen LogP contribution < -0.4 is 14.8 Å². The predicted molar refractivity (Wildman–Crippen MR) is 51.9 cm³/mol. The van der Waals surface area contributed by atoms with Gasteiger partial charge in [-0.15, -0.1) is 0 Å². The maximum absolute atomic E-state index is 11.9. The van der Waals surface area contributed by atoms with Gasteiger partial charge < -0.3 is 19.9 Å². The van der Waals surface area contributed by atoms with E-state index in [0.717, 1.165) is 0 Å². The van der Waals surface area contributed by atoms with Crippen molar-refractivity contribution < 1.29 is 23.4 Å². The lowest BCUT2D eigenvalue weighted by Crippen LogP contribution is -2.20. The monoisotopic (exact) mass is 231 g/mol. The van der Waals surface area contributed by atoms with E-state index in [1.807, 2.05) is 0 Å². The van der Waals surface area contributed by atoms with Crippen molar-refractivity contribution >= 4 is 0 Å². The minimum absolute atomic E-state index is 0.00557. The lowest BCUT2D eigenvalue weighted by molar-refractivity contribution is 0.145. The maximum Gasteiger partial charge on any atom is 0.250 e. The minimum atomic E-state index is -2.41. The number of rotatable bonds is 4. The Kier molecular flexibility index (Phi) is 3.09. The topological polar surface area (TPSA) is 50.7 Å². The highest BCUT2D eigenvalue weighted by Crippen LogP contribution is 2.37. The average Bonchev–Trinajstić information content (AvgIpc) is 2.64. The van der Waals surface area contributed by atoms with Gasteiger partial charge in [-0.3, -0.25) is 0 Å². The molecule has 0 bridgehead atoms. The Morgan fingerprint density at radius 2 is 2.00 bits per heavy atom. The van der Waals surface area contributed by atoms with Crippen molar-refractivity contribution in [2.75, 3.05) is 13.3 Å². The van der Waals surface area contributed by atoms with Gasteiger partial charge in [0.05, 0.1) is 6.54 Å². The number of hydrogen-bond donors (Lipinski definition) is 2. The lowest BCUT2D eigenvalue weighted by Gasteiger charge is -2.07. The standard InChI is InChI=1S/C10H11F2NO3/c11-10(12)4-13-3-6-1-8-9(2-7(6)14)16-5-15-8/h1-2,10,13-14H,3-5H2. The van der Waals surface area contributed by atoms with Gasteiger partial charge in [-0.1, -0.05) is 0 Å². The van der Waals surface area contributed by atoms with Crippen LogP contribution in [0.15, 0.2) is 12.1 Å². The largest absolute Gasteiger partial charge is 0.507 e. The van der Waals surface area contributed by atoms with Crippen LogP contribution in [0.1, 0.15) is 5.56 Å². The fourth-order valence-corrected chi connectivity index (χ4v) is 1.43. The number of ether oxygens (including phenoxy) is 2. The van der Waals surface area contributed by atoms with E-state index in [4.69, 9.17) is 9.47 Å². The lowest BCUT2D eigenvalue weighted by atomic mass is 10.1. The molecule has 0 saturated carbocycles. The summed E-state index contributed by atoms with van der Waals surface area (Å²) in [5.74, 6) is 0.993. The highest BCUT2D eigenvalue weighted by molar-refractivity contribution is 5.51. The fourth-order valence-electron chi connectivity index (χ4n) is 1.43. The van der Waals surface area contributed by atoms with Crippen molar-refractivity contribution in [2.24, 2.45) is 0 Å². The summed E-state index contributed by atoms with van der Waals surface area (Å²) in [6, 6.07) is 3.00. The Morgan fingerprint density at radius 3 is 2.69 bits per heavy atom. The summed E-state index contributed by atoms with van der Waals surface area (Å²) in [6.45, 7) is -0.136. The van der Waals surface area contributed by atoms with E-state index in [2.05, 4.69) is 5.32 Å². The highest BCUT2D eigenvalue weighted by atomic mass is 19.3. The number of nitrogens with one attached hydrogen (secondary N) is 1. The number of benzene rings is 1. The summed E-state index contributed by atoms with van der Waals surface area (Å²) in [5, 5.41) is 12.1. The van der Waals surface area contributed by atoms with Gasteiger partial charge in [-0.2, -0.15) is 0 Å². The third-order valence-corrected chi connectivity index (χ3v) is 2.19. The first-order valence-electron chi connectivity index (χ1n) is 4.77. The van der Waals surface area contributed by atoms with Gasteiger partial charge in [0.25, 0.3) is 6.43 Å². The third kappa shape index (κ3) is 2.33. The number of fused-ring (bicyclic) bond motifs is 1. The molecule has 0 spiro atoms. The summed E-state index contributed by atoms with van der Waals surface area (Å²) in [5.41, 5.74) is 0.505. The van der Waals surface area contributed by atoms with Crippen LogP contribution in [0.4, 0.5) is 8.78 Å². The molecule has 6 heteroatoms. The van der Waals surface area contributed by atoms with E-state index in [1.54, 1.807) is 6.07 Å². The molecule has 88 valence electrons. The molecule has 1 aliphatic heterocycles. The van der Waals surface area contributed by atoms with Crippen LogP contribution in [0.3, 0.4) is 0 Å². The number of phenols is 1. The van der Waals surface area contributed by atoms with Crippen molar-refractivity contribution in [1.82, 2.24) is 5.32 Å². The second-order valence-corrected chi connectivity index (χ2v) is 3.36. The fraction of sp³-hybridized carbons (Fsp3) is 0.400. The van der Waals surface area contributed by atoms with E-state index in [-0.39, 0.29) is 19.1 Å². The third-order valence-electron chi connectivity index (χ3n) is 2.19. The molecular weight excluding hydrogens is 220 g/mol. The summed E-state index contributed by atoms with van der Waals surface area (Å²) < 4.78 is 33.9. The Balaban J connectivity index is 2.04. The van der Waals surface area contributed by atoms with Crippen LogP contribution in [0.5, 0.6) is 17.2 Å². The van der Waals surface area contributed by atoms with Crippen LogP contribution in [-0.2, 0) is 6.54 Å². The van der Waals surface area contributed by atoms with E-state index < -0.39 is 13.0 Å². The first-order chi connectivity index (χ1) is 7.66. The van der Waals surface area contributed by atoms with Crippen LogP contribution in [0.25, 0.3) is 0 Å². The molecule has 0 fully saturated rings. The molecule has 4 nitrogen and oxygen atoms in total. The van der Waals surface area contributed by atoms with Gasteiger partial charge in [-0.25, -0.2) is 8.78 Å². The molecule has 2 N–H and O–H groups in total. The van der Waals surface area contributed by atoms with Gasteiger partial charge in [0.1, 0.15) is 5.75 Å². The molecule has 1 aromatic rings. The van der Waals surface area contributed by atoms with Crippen molar-refractivity contribution in [3.8, 4) is 17.2 Å². The highest BCUT2D eigenvalue weighted by Gasteiger charge is 2.16. The molecule has 1 aliphatic rings. The Bertz CT molecular complexity index is 385. The maximum atomic E-state index is 11.9. The van der Waals surface area contributed by atoms with E-state index in [1.165, 1.54) is 6.07 Å². The second kappa shape index (κ2) is 4.52. The van der Waals surface area contributed by atoms with Crippen LogP contribution in [-0.4, -0.2) is 24.9 Å². The van der Waals surface area contributed by atoms with Gasteiger partial charge in [0.2, 0.25) is 6.79 Å². The molecule has 0 atom stereocenters. The summed E-state index contributed by atoms with van der Waals surface area (Å²) in [7, 11) is 0. The first kappa shape index (κ1) is 10.9. The number of aromatic hydroxyl groups is 1. The Hall–Kier alpha value is -1.56. The molecular formula is C10H11F2NO3. The zero-order valence-electron chi connectivity index (χ0n) is 8.37. The van der Waals surface area contributed by atoms with Crippen molar-refractivity contribution in [1.29, 1.82) is 0 Å². The van der Waals surface area contributed by atoms with Crippen LogP contribution >= 0.6 is 0 Å². The molecule has 16 heavy (non-hydrogen) atoms. The average molecular weight is 231 g/mol. The van der Waals surface area contributed by atoms with Crippen molar-refractivity contribution in [2.45, 2.75) is 13.0 Å². The summed E-state index contributed by atoms with van der Waals surface area (Å²) >= 11 is 0. The number of alkyl halides is 2. The van der Waals surface area contributed by atoms with E-state index in [0.29, 0.717) is 17.1 Å². The molecule has 2 rings (SSSR count). The number of hydrogen-bond acceptors (Lipinski definition) is 4. The normalized spacial score (nSPS) is 13.4. The summed E-state index contributed by atoms with van der Waals surface area (Å²) in [6.07, 6.45) is -2.41.